The molecule has 0 atom stereocenters. The van der Waals surface area contributed by atoms with Crippen LogP contribution in [0.15, 0.2) is 24.5 Å². The summed E-state index contributed by atoms with van der Waals surface area (Å²) in [5.41, 5.74) is 8.12. The molecule has 0 unspecified atom stereocenters. The van der Waals surface area contributed by atoms with E-state index < -0.39 is 0 Å². The zero-order chi connectivity index (χ0) is 13.8. The maximum Gasteiger partial charge on any atom is 0.140 e. The molecule has 2 N–H and O–H groups in total. The molecule has 2 heterocycles. The Bertz CT molecular complexity index is 555. The quantitative estimate of drug-likeness (QED) is 0.843. The first-order valence-electron chi connectivity index (χ1n) is 6.26. The molecule has 0 aliphatic rings. The largest absolute Gasteiger partial charge is 0.383 e. The Balaban J connectivity index is 2.29. The monoisotopic (exact) mass is 368 g/mol. The molecule has 5 heteroatoms. The average Bonchev–Trinajstić information content (AvgIpc) is 2.36. The number of hydrogen-bond donors (Lipinski definition) is 1. The van der Waals surface area contributed by atoms with E-state index in [4.69, 9.17) is 5.73 Å². The van der Waals surface area contributed by atoms with Gasteiger partial charge in [-0.15, -0.1) is 0 Å². The highest BCUT2D eigenvalue weighted by Crippen LogP contribution is 2.20. The van der Waals surface area contributed by atoms with Crippen molar-refractivity contribution in [3.05, 3.63) is 45.2 Å². The lowest BCUT2D eigenvalue weighted by molar-refractivity contribution is 0.629. The number of nitrogen functional groups attached to an aromatic ring is 1. The molecule has 2 rings (SSSR count). The minimum absolute atomic E-state index is 0.550. The lowest BCUT2D eigenvalue weighted by atomic mass is 10.1. The van der Waals surface area contributed by atoms with Gasteiger partial charge in [0.25, 0.3) is 0 Å². The molecule has 100 valence electrons. The van der Waals surface area contributed by atoms with Gasteiger partial charge in [0.05, 0.1) is 9.26 Å². The van der Waals surface area contributed by atoms with Crippen molar-refractivity contribution in [3.63, 3.8) is 0 Å². The highest BCUT2D eigenvalue weighted by Gasteiger charge is 2.11. The summed E-state index contributed by atoms with van der Waals surface area (Å²) in [4.78, 5) is 13.1. The fourth-order valence-electron chi connectivity index (χ4n) is 1.85. The lowest BCUT2D eigenvalue weighted by Crippen LogP contribution is -2.10. The van der Waals surface area contributed by atoms with Gasteiger partial charge in [-0.2, -0.15) is 0 Å². The van der Waals surface area contributed by atoms with Crippen molar-refractivity contribution in [3.8, 4) is 0 Å². The van der Waals surface area contributed by atoms with Crippen LogP contribution >= 0.6 is 22.6 Å². The minimum atomic E-state index is 0.550. The van der Waals surface area contributed by atoms with Crippen molar-refractivity contribution >= 4 is 28.4 Å². The number of nitrogens with two attached hydrogens (primary N) is 1. The molecular formula is C14H17IN4. The summed E-state index contributed by atoms with van der Waals surface area (Å²) in [6, 6.07) is 3.94. The number of pyridine rings is 1. The summed E-state index contributed by atoms with van der Waals surface area (Å²) >= 11 is 2.22. The molecule has 0 aliphatic heterocycles. The van der Waals surface area contributed by atoms with E-state index in [1.54, 1.807) is 6.20 Å². The van der Waals surface area contributed by atoms with Gasteiger partial charge in [0, 0.05) is 18.8 Å². The Morgan fingerprint density at radius 2 is 2.11 bits per heavy atom. The highest BCUT2D eigenvalue weighted by atomic mass is 127. The van der Waals surface area contributed by atoms with Gasteiger partial charge < -0.3 is 5.73 Å². The van der Waals surface area contributed by atoms with Gasteiger partial charge >= 0.3 is 0 Å². The number of anilines is 1. The molecule has 2 aromatic rings. The number of rotatable bonds is 4. The Labute approximate surface area is 127 Å². The third-order valence-electron chi connectivity index (χ3n) is 2.68. The second kappa shape index (κ2) is 6.27. The molecule has 0 fully saturated rings. The van der Waals surface area contributed by atoms with Crippen LogP contribution < -0.4 is 5.73 Å². The predicted octanol–water partition coefficient (Wildman–Crippen LogP) is 2.85. The molecule has 0 bridgehead atoms. The summed E-state index contributed by atoms with van der Waals surface area (Å²) in [6.07, 6.45) is 5.18. The highest BCUT2D eigenvalue weighted by molar-refractivity contribution is 14.1. The van der Waals surface area contributed by atoms with E-state index in [9.17, 15) is 0 Å². The Hall–Kier alpha value is -1.24. The Morgan fingerprint density at radius 3 is 2.74 bits per heavy atom. The first kappa shape index (κ1) is 14.2. The van der Waals surface area contributed by atoms with Crippen LogP contribution in [0.5, 0.6) is 0 Å². The third-order valence-corrected chi connectivity index (χ3v) is 3.85. The van der Waals surface area contributed by atoms with Crippen LogP contribution in [0.2, 0.25) is 0 Å². The van der Waals surface area contributed by atoms with Gasteiger partial charge in [-0.1, -0.05) is 19.9 Å². The number of halogens is 1. The van der Waals surface area contributed by atoms with Crippen LogP contribution in [0.3, 0.4) is 0 Å². The summed E-state index contributed by atoms with van der Waals surface area (Å²) in [5, 5.41) is 0. The van der Waals surface area contributed by atoms with Crippen LogP contribution in [0.25, 0.3) is 0 Å². The van der Waals surface area contributed by atoms with Crippen LogP contribution in [0.1, 0.15) is 30.9 Å². The van der Waals surface area contributed by atoms with E-state index in [0.29, 0.717) is 18.2 Å². The topological polar surface area (TPSA) is 64.7 Å². The van der Waals surface area contributed by atoms with Crippen LogP contribution in [-0.4, -0.2) is 15.0 Å². The number of nitrogens with zero attached hydrogens (tertiary/aromatic N) is 3. The van der Waals surface area contributed by atoms with E-state index in [2.05, 4.69) is 51.4 Å². The average molecular weight is 368 g/mol. The second-order valence-electron chi connectivity index (χ2n) is 4.92. The lowest BCUT2D eigenvalue weighted by Gasteiger charge is -2.10. The SMILES string of the molecule is CC(C)Cc1nc(Cc2cccnc2)nc(N)c1I. The molecule has 0 amide bonds. The third kappa shape index (κ3) is 3.86. The minimum Gasteiger partial charge on any atom is -0.383 e. The van der Waals surface area contributed by atoms with Crippen molar-refractivity contribution in [2.24, 2.45) is 5.92 Å². The smallest absolute Gasteiger partial charge is 0.140 e. The van der Waals surface area contributed by atoms with Crippen LogP contribution in [-0.2, 0) is 12.8 Å². The first-order valence-corrected chi connectivity index (χ1v) is 7.33. The first-order chi connectivity index (χ1) is 9.06. The molecular weight excluding hydrogens is 351 g/mol. The predicted molar refractivity (Wildman–Crippen MR) is 84.7 cm³/mol. The molecule has 2 aromatic heterocycles. The van der Waals surface area contributed by atoms with E-state index >= 15 is 0 Å². The van der Waals surface area contributed by atoms with Crippen LogP contribution in [0, 0.1) is 9.49 Å². The molecule has 0 aromatic carbocycles. The van der Waals surface area contributed by atoms with E-state index in [1.807, 2.05) is 18.3 Å². The second-order valence-corrected chi connectivity index (χ2v) is 6.00. The Kier molecular flexibility index (Phi) is 4.68. The van der Waals surface area contributed by atoms with Crippen molar-refractivity contribution in [1.29, 1.82) is 0 Å². The fraction of sp³-hybridized carbons (Fsp3) is 0.357. The van der Waals surface area contributed by atoms with E-state index in [1.165, 1.54) is 0 Å². The molecule has 0 aliphatic carbocycles. The van der Waals surface area contributed by atoms with Gasteiger partial charge in [0.2, 0.25) is 0 Å². The van der Waals surface area contributed by atoms with E-state index in [0.717, 1.165) is 27.1 Å². The normalized spacial score (nSPS) is 10.9. The van der Waals surface area contributed by atoms with Gasteiger partial charge in [-0.25, -0.2) is 9.97 Å². The van der Waals surface area contributed by atoms with Gasteiger partial charge in [0.1, 0.15) is 11.6 Å². The molecule has 19 heavy (non-hydrogen) atoms. The zero-order valence-electron chi connectivity index (χ0n) is 11.1. The maximum atomic E-state index is 5.98. The van der Waals surface area contributed by atoms with Gasteiger partial charge in [-0.05, 0) is 46.6 Å². The summed E-state index contributed by atoms with van der Waals surface area (Å²) < 4.78 is 0.973. The van der Waals surface area contributed by atoms with Gasteiger partial charge in [-0.3, -0.25) is 4.98 Å². The van der Waals surface area contributed by atoms with Crippen molar-refractivity contribution in [2.75, 3.05) is 5.73 Å². The molecule has 0 saturated heterocycles. The number of hydrogen-bond acceptors (Lipinski definition) is 4. The standard InChI is InChI=1S/C14H17IN4/c1-9(2)6-11-13(15)14(16)19-12(18-11)7-10-4-3-5-17-8-10/h3-5,8-9H,6-7H2,1-2H3,(H2,16,18,19). The molecule has 4 nitrogen and oxygen atoms in total. The van der Waals surface area contributed by atoms with Crippen LogP contribution in [0.4, 0.5) is 5.82 Å². The molecule has 0 spiro atoms. The number of aromatic nitrogens is 3. The molecule has 0 saturated carbocycles. The van der Waals surface area contributed by atoms with Crippen molar-refractivity contribution < 1.29 is 0 Å². The fourth-order valence-corrected chi connectivity index (χ4v) is 2.31. The summed E-state index contributed by atoms with van der Waals surface area (Å²) in [7, 11) is 0. The van der Waals surface area contributed by atoms with Crippen molar-refractivity contribution in [1.82, 2.24) is 15.0 Å². The zero-order valence-corrected chi connectivity index (χ0v) is 13.3. The summed E-state index contributed by atoms with van der Waals surface area (Å²) in [5.74, 6) is 1.89. The van der Waals surface area contributed by atoms with Crippen molar-refractivity contribution in [2.45, 2.75) is 26.7 Å². The van der Waals surface area contributed by atoms with Gasteiger partial charge in [0.15, 0.2) is 0 Å². The molecule has 0 radical (unpaired) electrons. The maximum absolute atomic E-state index is 5.98. The Morgan fingerprint density at radius 1 is 1.32 bits per heavy atom. The summed E-state index contributed by atoms with van der Waals surface area (Å²) in [6.45, 7) is 4.35. The van der Waals surface area contributed by atoms with E-state index in [-0.39, 0.29) is 0 Å².